The van der Waals surface area contributed by atoms with Gasteiger partial charge in [-0.3, -0.25) is 4.57 Å². The molecule has 6 heteroatoms. The molecule has 27 heavy (non-hydrogen) atoms. The molecule has 0 atom stereocenters. The van der Waals surface area contributed by atoms with Gasteiger partial charge in [0.1, 0.15) is 5.75 Å². The summed E-state index contributed by atoms with van der Waals surface area (Å²) in [6.45, 7) is 4.13. The lowest BCUT2D eigenvalue weighted by Crippen LogP contribution is -2.23. The van der Waals surface area contributed by atoms with Crippen molar-refractivity contribution in [1.29, 1.82) is 0 Å². The van der Waals surface area contributed by atoms with Crippen LogP contribution in [0.3, 0.4) is 0 Å². The molecule has 4 aromatic rings. The first-order valence-electron chi connectivity index (χ1n) is 8.48. The molecule has 0 aliphatic heterocycles. The molecule has 136 valence electrons. The van der Waals surface area contributed by atoms with Crippen LogP contribution in [0.15, 0.2) is 59.1 Å². The van der Waals surface area contributed by atoms with Gasteiger partial charge in [-0.2, -0.15) is 0 Å². The van der Waals surface area contributed by atoms with E-state index in [-0.39, 0.29) is 11.7 Å². The van der Waals surface area contributed by atoms with Gasteiger partial charge in [0.15, 0.2) is 0 Å². The maximum Gasteiger partial charge on any atom is 0.242 e. The smallest absolute Gasteiger partial charge is 0.242 e. The monoisotopic (exact) mass is 377 g/mol. The molecule has 0 aliphatic carbocycles. The third-order valence-electron chi connectivity index (χ3n) is 4.76. The number of aromatic hydroxyl groups is 1. The van der Waals surface area contributed by atoms with Gasteiger partial charge in [-0.05, 0) is 48.6 Å². The lowest BCUT2D eigenvalue weighted by atomic mass is 9.97. The third-order valence-corrected chi connectivity index (χ3v) is 5.79. The Balaban J connectivity index is 2.22. The zero-order valence-electron chi connectivity index (χ0n) is 15.0. The van der Waals surface area contributed by atoms with Crippen molar-refractivity contribution in [2.75, 3.05) is 0 Å². The Hall–Kier alpha value is -3.25. The van der Waals surface area contributed by atoms with Gasteiger partial charge in [0.25, 0.3) is 0 Å². The minimum Gasteiger partial charge on any atom is -0.508 e. The number of nitrogens with two attached hydrogens (primary N) is 1. The molecule has 0 saturated carbocycles. The molecule has 2 aromatic heterocycles. The van der Waals surface area contributed by atoms with E-state index in [2.05, 4.69) is 24.4 Å². The average Bonchev–Trinajstić information content (AvgIpc) is 3.18. The zero-order chi connectivity index (χ0) is 19.1. The third kappa shape index (κ3) is 2.65. The Kier molecular flexibility index (Phi) is 4.12. The van der Waals surface area contributed by atoms with Crippen molar-refractivity contribution in [3.8, 4) is 28.1 Å². The SMILES string of the molecule is Cc1csc(C)c1-c1c(-c2ccc(O)cc2)c2ccccc2n1/C(N)=N/O. The largest absolute Gasteiger partial charge is 0.508 e. The van der Waals surface area contributed by atoms with Crippen molar-refractivity contribution in [3.05, 3.63) is 64.4 Å². The van der Waals surface area contributed by atoms with Crippen LogP contribution in [0.25, 0.3) is 33.3 Å². The second kappa shape index (κ2) is 6.48. The standard InChI is InChI=1S/C21H19N3O2S/c1-12-11-27-13(2)18(12)20-19(14-7-9-15(25)10-8-14)16-5-3-4-6-17(16)24(20)21(22)23-26/h3-11,25-26H,1-2H3,(H2,22,23). The van der Waals surface area contributed by atoms with Crippen molar-refractivity contribution < 1.29 is 10.3 Å². The summed E-state index contributed by atoms with van der Waals surface area (Å²) in [5, 5.41) is 25.5. The van der Waals surface area contributed by atoms with Gasteiger partial charge in [0, 0.05) is 21.4 Å². The predicted octanol–water partition coefficient (Wildman–Crippen LogP) is 4.91. The number of para-hydroxylation sites is 1. The molecule has 5 nitrogen and oxygen atoms in total. The zero-order valence-corrected chi connectivity index (χ0v) is 15.8. The van der Waals surface area contributed by atoms with Crippen LogP contribution < -0.4 is 5.73 Å². The van der Waals surface area contributed by atoms with Gasteiger partial charge in [-0.25, -0.2) is 0 Å². The summed E-state index contributed by atoms with van der Waals surface area (Å²) in [5.74, 6) is 0.222. The molecule has 4 rings (SSSR count). The number of oxime groups is 1. The molecule has 0 amide bonds. The Morgan fingerprint density at radius 1 is 1.04 bits per heavy atom. The number of nitrogens with zero attached hydrogens (tertiary/aromatic N) is 2. The molecule has 0 spiro atoms. The summed E-state index contributed by atoms with van der Waals surface area (Å²) in [6, 6.07) is 15.0. The highest BCUT2D eigenvalue weighted by Crippen LogP contribution is 2.44. The van der Waals surface area contributed by atoms with Crippen LogP contribution in [0.1, 0.15) is 10.4 Å². The fourth-order valence-corrected chi connectivity index (χ4v) is 4.45. The number of benzene rings is 2. The van der Waals surface area contributed by atoms with E-state index in [1.165, 1.54) is 0 Å². The number of phenols is 1. The van der Waals surface area contributed by atoms with Crippen molar-refractivity contribution >= 4 is 28.2 Å². The summed E-state index contributed by atoms with van der Waals surface area (Å²) in [7, 11) is 0. The van der Waals surface area contributed by atoms with Crippen molar-refractivity contribution in [2.24, 2.45) is 10.9 Å². The van der Waals surface area contributed by atoms with Gasteiger partial charge < -0.3 is 16.0 Å². The van der Waals surface area contributed by atoms with E-state index in [0.717, 1.165) is 43.7 Å². The molecule has 2 heterocycles. The van der Waals surface area contributed by atoms with E-state index in [9.17, 15) is 10.3 Å². The second-order valence-corrected chi connectivity index (χ2v) is 7.51. The van der Waals surface area contributed by atoms with Crippen LogP contribution in [0.4, 0.5) is 0 Å². The fourth-order valence-electron chi connectivity index (χ4n) is 3.61. The molecular weight excluding hydrogens is 358 g/mol. The average molecular weight is 377 g/mol. The van der Waals surface area contributed by atoms with Crippen LogP contribution in [0.2, 0.25) is 0 Å². The highest BCUT2D eigenvalue weighted by molar-refractivity contribution is 7.10. The minimum atomic E-state index is 0.0104. The molecule has 0 saturated heterocycles. The number of hydrogen-bond acceptors (Lipinski definition) is 4. The summed E-state index contributed by atoms with van der Waals surface area (Å²) in [5.41, 5.74) is 12.0. The molecule has 0 radical (unpaired) electrons. The Morgan fingerprint density at radius 3 is 2.37 bits per heavy atom. The maximum atomic E-state index is 9.71. The second-order valence-electron chi connectivity index (χ2n) is 6.43. The summed E-state index contributed by atoms with van der Waals surface area (Å²) in [4.78, 5) is 1.15. The number of aryl methyl sites for hydroxylation is 2. The van der Waals surface area contributed by atoms with Crippen LogP contribution in [0, 0.1) is 13.8 Å². The molecule has 0 aliphatic rings. The first-order valence-corrected chi connectivity index (χ1v) is 9.36. The highest BCUT2D eigenvalue weighted by Gasteiger charge is 2.24. The topological polar surface area (TPSA) is 83.8 Å². The van der Waals surface area contributed by atoms with Gasteiger partial charge in [-0.1, -0.05) is 35.5 Å². The van der Waals surface area contributed by atoms with Gasteiger partial charge in [0.05, 0.1) is 11.2 Å². The van der Waals surface area contributed by atoms with Gasteiger partial charge in [-0.15, -0.1) is 11.3 Å². The molecule has 0 fully saturated rings. The van der Waals surface area contributed by atoms with Crippen molar-refractivity contribution in [1.82, 2.24) is 4.57 Å². The maximum absolute atomic E-state index is 9.71. The lowest BCUT2D eigenvalue weighted by molar-refractivity contribution is 0.316. The number of thiophene rings is 1. The van der Waals surface area contributed by atoms with E-state index >= 15 is 0 Å². The molecular formula is C21H19N3O2S. The molecule has 2 aromatic carbocycles. The Labute approximate surface area is 160 Å². The minimum absolute atomic E-state index is 0.0104. The predicted molar refractivity (Wildman–Crippen MR) is 111 cm³/mol. The highest BCUT2D eigenvalue weighted by atomic mass is 32.1. The summed E-state index contributed by atoms with van der Waals surface area (Å²) >= 11 is 1.67. The van der Waals surface area contributed by atoms with Crippen molar-refractivity contribution in [2.45, 2.75) is 13.8 Å². The number of rotatable bonds is 2. The first kappa shape index (κ1) is 17.2. The number of phenolic OH excluding ortho intramolecular Hbond substituents is 1. The molecule has 4 N–H and O–H groups in total. The van der Waals surface area contributed by atoms with E-state index in [1.807, 2.05) is 36.4 Å². The van der Waals surface area contributed by atoms with E-state index in [1.54, 1.807) is 28.0 Å². The normalized spacial score (nSPS) is 12.0. The fraction of sp³-hybridized carbons (Fsp3) is 0.0952. The summed E-state index contributed by atoms with van der Waals surface area (Å²) < 4.78 is 1.79. The Morgan fingerprint density at radius 2 is 1.74 bits per heavy atom. The lowest BCUT2D eigenvalue weighted by Gasteiger charge is -2.12. The first-order chi connectivity index (χ1) is 13.0. The Bertz CT molecular complexity index is 1150. The summed E-state index contributed by atoms with van der Waals surface area (Å²) in [6.07, 6.45) is 0. The van der Waals surface area contributed by atoms with Gasteiger partial charge in [0.2, 0.25) is 5.96 Å². The van der Waals surface area contributed by atoms with E-state index in [4.69, 9.17) is 5.73 Å². The van der Waals surface area contributed by atoms with Crippen LogP contribution in [0.5, 0.6) is 5.75 Å². The number of aromatic nitrogens is 1. The van der Waals surface area contributed by atoms with Gasteiger partial charge >= 0.3 is 0 Å². The number of fused-ring (bicyclic) bond motifs is 1. The van der Waals surface area contributed by atoms with Crippen LogP contribution in [-0.4, -0.2) is 20.8 Å². The van der Waals surface area contributed by atoms with E-state index < -0.39 is 0 Å². The number of hydrogen-bond donors (Lipinski definition) is 3. The van der Waals surface area contributed by atoms with Crippen LogP contribution in [-0.2, 0) is 0 Å². The van der Waals surface area contributed by atoms with Crippen molar-refractivity contribution in [3.63, 3.8) is 0 Å². The quantitative estimate of drug-likeness (QED) is 0.201. The molecule has 0 unspecified atom stereocenters. The van der Waals surface area contributed by atoms with Crippen LogP contribution >= 0.6 is 11.3 Å². The van der Waals surface area contributed by atoms with E-state index in [0.29, 0.717) is 0 Å². The molecule has 0 bridgehead atoms.